The first-order valence-electron chi connectivity index (χ1n) is 15.9. The lowest BCUT2D eigenvalue weighted by molar-refractivity contribution is -0.270. The van der Waals surface area contributed by atoms with Crippen molar-refractivity contribution in [1.29, 1.82) is 0 Å². The number of ether oxygens (including phenoxy) is 4. The van der Waals surface area contributed by atoms with Gasteiger partial charge in [0.2, 0.25) is 0 Å². The van der Waals surface area contributed by atoms with Crippen molar-refractivity contribution in [2.24, 2.45) is 33.5 Å². The highest BCUT2D eigenvalue weighted by Crippen LogP contribution is 2.75. The van der Waals surface area contributed by atoms with Gasteiger partial charge in [0.15, 0.2) is 0 Å². The van der Waals surface area contributed by atoms with Crippen molar-refractivity contribution in [2.75, 3.05) is 6.61 Å². The minimum absolute atomic E-state index is 0.0171. The number of carbonyl (C=O) groups is 3. The Labute approximate surface area is 259 Å². The van der Waals surface area contributed by atoms with Crippen LogP contribution in [0.15, 0.2) is 46.3 Å². The summed E-state index contributed by atoms with van der Waals surface area (Å²) in [4.78, 5) is 38.4. The summed E-state index contributed by atoms with van der Waals surface area (Å²) in [6.07, 6.45) is 5.61. The fourth-order valence-corrected chi connectivity index (χ4v) is 10.6. The summed E-state index contributed by atoms with van der Waals surface area (Å²) >= 11 is 0. The molecule has 1 aliphatic heterocycles. The molecule has 0 spiro atoms. The van der Waals surface area contributed by atoms with Crippen molar-refractivity contribution in [3.05, 3.63) is 47.5 Å². The zero-order valence-corrected chi connectivity index (χ0v) is 27.0. The molecular weight excluding hydrogens is 564 g/mol. The SMILES string of the molecule is C/C=C(\C)C(=O)O[C@@H]1C[C@H](OC(C)=O)[C@]2(C)CO[C@H]3[C@H]2[C@]1(C)[C@@H]1C[C@@H](OC(C)=O)[C@@]2(C)C(=CC[C@@H]2c2ccoc2)[C@@]1(C)[C@H]3O. The molecule has 5 aliphatic rings. The van der Waals surface area contributed by atoms with Gasteiger partial charge < -0.3 is 28.5 Å². The number of carbonyl (C=O) groups excluding carboxylic acids is 3. The zero-order valence-electron chi connectivity index (χ0n) is 27.0. The third kappa shape index (κ3) is 4.00. The van der Waals surface area contributed by atoms with E-state index in [1.54, 1.807) is 32.4 Å². The summed E-state index contributed by atoms with van der Waals surface area (Å²) in [6.45, 7) is 15.1. The molecule has 1 aromatic heterocycles. The average molecular weight is 611 g/mol. The quantitative estimate of drug-likeness (QED) is 0.206. The van der Waals surface area contributed by atoms with Gasteiger partial charge in [-0.05, 0) is 44.2 Å². The first-order chi connectivity index (χ1) is 20.6. The van der Waals surface area contributed by atoms with Crippen LogP contribution >= 0.6 is 0 Å². The first kappa shape index (κ1) is 31.1. The van der Waals surface area contributed by atoms with E-state index in [-0.39, 0.29) is 23.7 Å². The molecule has 0 unspecified atom stereocenters. The van der Waals surface area contributed by atoms with Crippen molar-refractivity contribution in [1.82, 2.24) is 0 Å². The number of hydrogen-bond acceptors (Lipinski definition) is 9. The molecule has 1 saturated heterocycles. The number of hydrogen-bond donors (Lipinski definition) is 1. The highest BCUT2D eigenvalue weighted by Gasteiger charge is 2.78. The number of esters is 3. The Kier molecular flexibility index (Phi) is 7.28. The molecule has 9 nitrogen and oxygen atoms in total. The molecule has 0 radical (unpaired) electrons. The summed E-state index contributed by atoms with van der Waals surface area (Å²) in [5, 5.41) is 12.5. The predicted molar refractivity (Wildman–Crippen MR) is 159 cm³/mol. The highest BCUT2D eigenvalue weighted by atomic mass is 16.6. The van der Waals surface area contributed by atoms with E-state index in [2.05, 4.69) is 33.8 Å². The minimum Gasteiger partial charge on any atom is -0.472 e. The van der Waals surface area contributed by atoms with E-state index >= 15 is 0 Å². The van der Waals surface area contributed by atoms with Crippen LogP contribution in [0.5, 0.6) is 0 Å². The summed E-state index contributed by atoms with van der Waals surface area (Å²) in [5.74, 6) is -1.79. The molecule has 3 saturated carbocycles. The Morgan fingerprint density at radius 3 is 2.25 bits per heavy atom. The van der Waals surface area contributed by atoms with Gasteiger partial charge in [0.05, 0.1) is 31.3 Å². The Bertz CT molecular complexity index is 1410. The van der Waals surface area contributed by atoms with E-state index in [0.29, 0.717) is 31.4 Å². The number of furan rings is 1. The van der Waals surface area contributed by atoms with E-state index < -0.39 is 64.1 Å². The van der Waals surface area contributed by atoms with E-state index in [9.17, 15) is 19.5 Å². The van der Waals surface area contributed by atoms with E-state index in [0.717, 1.165) is 11.1 Å². The fourth-order valence-electron chi connectivity index (χ4n) is 10.6. The minimum atomic E-state index is -0.899. The Balaban J connectivity index is 1.54. The van der Waals surface area contributed by atoms with Gasteiger partial charge in [-0.15, -0.1) is 0 Å². The molecule has 0 aromatic carbocycles. The smallest absolute Gasteiger partial charge is 0.333 e. The molecule has 6 rings (SSSR count). The lowest BCUT2D eigenvalue weighted by atomic mass is 9.36. The van der Waals surface area contributed by atoms with Crippen LogP contribution in [0.25, 0.3) is 0 Å². The van der Waals surface area contributed by atoms with Gasteiger partial charge in [0.1, 0.15) is 18.3 Å². The zero-order chi connectivity index (χ0) is 32.0. The molecule has 0 amide bonds. The summed E-state index contributed by atoms with van der Waals surface area (Å²) in [5.41, 5.74) is -0.215. The molecular formula is C35H46O9. The van der Waals surface area contributed by atoms with Gasteiger partial charge in [0.25, 0.3) is 0 Å². The third-order valence-corrected chi connectivity index (χ3v) is 12.7. The second-order valence-corrected chi connectivity index (χ2v) is 14.7. The van der Waals surface area contributed by atoms with Gasteiger partial charge in [-0.25, -0.2) is 4.79 Å². The van der Waals surface area contributed by atoms with Crippen molar-refractivity contribution < 1.29 is 42.9 Å². The normalized spacial score (nSPS) is 45.8. The van der Waals surface area contributed by atoms with Gasteiger partial charge in [-0.3, -0.25) is 9.59 Å². The Hall–Kier alpha value is -2.91. The summed E-state index contributed by atoms with van der Waals surface area (Å²) in [7, 11) is 0. The highest BCUT2D eigenvalue weighted by molar-refractivity contribution is 5.87. The maximum Gasteiger partial charge on any atom is 0.333 e. The molecule has 12 atom stereocenters. The Morgan fingerprint density at radius 1 is 0.955 bits per heavy atom. The lowest BCUT2D eigenvalue weighted by Gasteiger charge is -2.70. The number of rotatable bonds is 5. The van der Waals surface area contributed by atoms with E-state index in [1.807, 2.05) is 6.07 Å². The monoisotopic (exact) mass is 610 g/mol. The van der Waals surface area contributed by atoms with Crippen LogP contribution in [-0.4, -0.2) is 60.1 Å². The molecule has 4 fully saturated rings. The van der Waals surface area contributed by atoms with Crippen LogP contribution in [0.3, 0.4) is 0 Å². The summed E-state index contributed by atoms with van der Waals surface area (Å²) in [6, 6.07) is 1.96. The fraction of sp³-hybridized carbons (Fsp3) is 0.686. The van der Waals surface area contributed by atoms with E-state index in [1.165, 1.54) is 13.8 Å². The topological polar surface area (TPSA) is 122 Å². The van der Waals surface area contributed by atoms with E-state index in [4.69, 9.17) is 23.4 Å². The van der Waals surface area contributed by atoms with Gasteiger partial charge in [-0.1, -0.05) is 45.4 Å². The Morgan fingerprint density at radius 2 is 1.64 bits per heavy atom. The van der Waals surface area contributed by atoms with Crippen molar-refractivity contribution >= 4 is 17.9 Å². The van der Waals surface area contributed by atoms with Crippen molar-refractivity contribution in [3.63, 3.8) is 0 Å². The van der Waals surface area contributed by atoms with Gasteiger partial charge in [0, 0.05) is 59.3 Å². The number of allylic oxidation sites excluding steroid dienone is 2. The number of fused-ring (bicyclic) bond motifs is 4. The first-order valence-corrected chi connectivity index (χ1v) is 15.9. The maximum absolute atomic E-state index is 13.4. The molecule has 0 bridgehead atoms. The third-order valence-electron chi connectivity index (χ3n) is 12.7. The van der Waals surface area contributed by atoms with Gasteiger partial charge >= 0.3 is 17.9 Å². The average Bonchev–Trinajstić information content (AvgIpc) is 3.69. The molecule has 1 N–H and O–H groups in total. The standard InChI is InChI=1S/C35H46O9/c1-9-18(2)31(39)44-27-15-25(42-19(3)36)32(5)17-41-28-29(32)35(27,8)24-14-26(43-20(4)37)33(6)22(21-12-13-40-16-21)10-11-23(33)34(24,7)30(28)38/h9,11-13,16,22,24-30,38H,10,14-15,17H2,1-8H3/b18-9+/t22-,24-,25+,26-,27-,28+,29-,30+,32+,33-,34-,35-/m1/s1. The molecule has 44 heavy (non-hydrogen) atoms. The largest absolute Gasteiger partial charge is 0.472 e. The molecule has 1 aromatic rings. The van der Waals surface area contributed by atoms with Crippen molar-refractivity contribution in [3.8, 4) is 0 Å². The van der Waals surface area contributed by atoms with Gasteiger partial charge in [-0.2, -0.15) is 0 Å². The predicted octanol–water partition coefficient (Wildman–Crippen LogP) is 5.27. The summed E-state index contributed by atoms with van der Waals surface area (Å²) < 4.78 is 30.6. The molecule has 9 heteroatoms. The van der Waals surface area contributed by atoms with Crippen LogP contribution in [-0.2, 0) is 33.3 Å². The van der Waals surface area contributed by atoms with Crippen LogP contribution in [0.1, 0.15) is 86.1 Å². The number of aliphatic hydroxyl groups excluding tert-OH is 1. The lowest BCUT2D eigenvalue weighted by Crippen LogP contribution is -2.74. The number of aliphatic hydroxyl groups is 1. The van der Waals surface area contributed by atoms with Crippen molar-refractivity contribution in [2.45, 2.75) is 111 Å². The second kappa shape index (κ2) is 10.3. The maximum atomic E-state index is 13.4. The molecule has 2 heterocycles. The second-order valence-electron chi connectivity index (χ2n) is 14.7. The van der Waals surface area contributed by atoms with Crippen LogP contribution in [0.2, 0.25) is 0 Å². The van der Waals surface area contributed by atoms with Crippen LogP contribution in [0.4, 0.5) is 0 Å². The molecule has 4 aliphatic carbocycles. The molecule has 240 valence electrons. The van der Waals surface area contributed by atoms with Crippen LogP contribution < -0.4 is 0 Å². The van der Waals surface area contributed by atoms with Crippen LogP contribution in [0, 0.1) is 33.5 Å².